The molecule has 1 aliphatic rings. The van der Waals surface area contributed by atoms with Crippen LogP contribution in [0.4, 0.5) is 0 Å². The number of carbonyl (C=O) groups is 3. The number of nitrogens with zero attached hydrogens (tertiary/aromatic N) is 2. The van der Waals surface area contributed by atoms with Gasteiger partial charge in [0.25, 0.3) is 11.8 Å². The second-order valence-electron chi connectivity index (χ2n) is 7.29. The third kappa shape index (κ3) is 6.21. The van der Waals surface area contributed by atoms with Gasteiger partial charge in [-0.15, -0.1) is 0 Å². The first-order chi connectivity index (χ1) is 14.8. The number of hydrogen-bond acceptors (Lipinski definition) is 5. The molecule has 1 atom stereocenters. The van der Waals surface area contributed by atoms with Crippen LogP contribution >= 0.6 is 11.6 Å². The molecule has 0 radical (unpaired) electrons. The van der Waals surface area contributed by atoms with E-state index >= 15 is 0 Å². The number of rotatable bonds is 7. The van der Waals surface area contributed by atoms with Crippen LogP contribution in [0.5, 0.6) is 11.5 Å². The minimum absolute atomic E-state index is 0.0646. The molecule has 0 N–H and O–H groups in total. The van der Waals surface area contributed by atoms with Crippen LogP contribution in [-0.4, -0.2) is 66.3 Å². The van der Waals surface area contributed by atoms with E-state index in [0.29, 0.717) is 48.3 Å². The molecule has 7 nitrogen and oxygen atoms in total. The van der Waals surface area contributed by atoms with E-state index in [4.69, 9.17) is 21.1 Å². The van der Waals surface area contributed by atoms with Crippen molar-refractivity contribution in [3.8, 4) is 11.5 Å². The fourth-order valence-electron chi connectivity index (χ4n) is 3.24. The first-order valence-corrected chi connectivity index (χ1v) is 10.4. The maximum atomic E-state index is 12.7. The summed E-state index contributed by atoms with van der Waals surface area (Å²) in [5, 5.41) is 0.601. The van der Waals surface area contributed by atoms with E-state index in [2.05, 4.69) is 0 Å². The van der Waals surface area contributed by atoms with Gasteiger partial charge in [0.05, 0.1) is 0 Å². The Balaban J connectivity index is 1.46. The van der Waals surface area contributed by atoms with Gasteiger partial charge >= 0.3 is 0 Å². The second-order valence-corrected chi connectivity index (χ2v) is 7.73. The molecule has 2 amide bonds. The van der Waals surface area contributed by atoms with Gasteiger partial charge in [-0.25, -0.2) is 0 Å². The maximum absolute atomic E-state index is 12.7. The third-order valence-corrected chi connectivity index (χ3v) is 5.27. The number of benzene rings is 2. The van der Waals surface area contributed by atoms with Crippen LogP contribution in [0.3, 0.4) is 0 Å². The summed E-state index contributed by atoms with van der Waals surface area (Å²) in [6.07, 6.45) is -0.697. The van der Waals surface area contributed by atoms with Crippen LogP contribution < -0.4 is 9.47 Å². The van der Waals surface area contributed by atoms with Gasteiger partial charge < -0.3 is 19.3 Å². The number of amides is 2. The molecule has 0 saturated carbocycles. The van der Waals surface area contributed by atoms with Crippen molar-refractivity contribution in [1.29, 1.82) is 0 Å². The predicted octanol–water partition coefficient (Wildman–Crippen LogP) is 3.06. The molecule has 31 heavy (non-hydrogen) atoms. The van der Waals surface area contributed by atoms with Crippen molar-refractivity contribution in [3.63, 3.8) is 0 Å². The van der Waals surface area contributed by atoms with E-state index in [1.165, 1.54) is 6.92 Å². The SMILES string of the molecule is CC(=O)c1cccc(OC(C)C(=O)N2CCN(C(=O)COc3ccc(Cl)cc3)CC2)c1. The van der Waals surface area contributed by atoms with E-state index in [1.807, 2.05) is 0 Å². The number of Topliss-reactive ketones (excluding diaryl/α,β-unsaturated/α-hetero) is 1. The van der Waals surface area contributed by atoms with E-state index in [1.54, 1.807) is 65.3 Å². The highest BCUT2D eigenvalue weighted by molar-refractivity contribution is 6.30. The van der Waals surface area contributed by atoms with Crippen LogP contribution in [0.2, 0.25) is 5.02 Å². The van der Waals surface area contributed by atoms with Crippen molar-refractivity contribution in [2.75, 3.05) is 32.8 Å². The van der Waals surface area contributed by atoms with Crippen molar-refractivity contribution in [1.82, 2.24) is 9.80 Å². The lowest BCUT2D eigenvalue weighted by atomic mass is 10.1. The van der Waals surface area contributed by atoms with Crippen molar-refractivity contribution in [2.24, 2.45) is 0 Å². The summed E-state index contributed by atoms with van der Waals surface area (Å²) in [5.74, 6) is 0.698. The highest BCUT2D eigenvalue weighted by Crippen LogP contribution is 2.18. The van der Waals surface area contributed by atoms with Crippen LogP contribution in [0.1, 0.15) is 24.2 Å². The van der Waals surface area contributed by atoms with Crippen molar-refractivity contribution < 1.29 is 23.9 Å². The summed E-state index contributed by atoms with van der Waals surface area (Å²) in [6.45, 7) is 4.80. The second kappa shape index (κ2) is 10.3. The molecule has 0 bridgehead atoms. The molecule has 2 aromatic carbocycles. The molecule has 1 fully saturated rings. The van der Waals surface area contributed by atoms with Crippen molar-refractivity contribution in [3.05, 3.63) is 59.1 Å². The molecule has 0 spiro atoms. The Bertz CT molecular complexity index is 939. The minimum atomic E-state index is -0.697. The largest absolute Gasteiger partial charge is 0.484 e. The Hall–Kier alpha value is -3.06. The highest BCUT2D eigenvalue weighted by atomic mass is 35.5. The zero-order valence-electron chi connectivity index (χ0n) is 17.5. The number of ketones is 1. The molecule has 3 rings (SSSR count). The first-order valence-electron chi connectivity index (χ1n) is 10.1. The van der Waals surface area contributed by atoms with Gasteiger partial charge in [-0.2, -0.15) is 0 Å². The minimum Gasteiger partial charge on any atom is -0.484 e. The Morgan fingerprint density at radius 2 is 1.61 bits per heavy atom. The zero-order valence-corrected chi connectivity index (χ0v) is 18.3. The third-order valence-electron chi connectivity index (χ3n) is 5.02. The molecule has 8 heteroatoms. The van der Waals surface area contributed by atoms with E-state index in [0.717, 1.165) is 0 Å². The zero-order chi connectivity index (χ0) is 22.4. The lowest BCUT2D eigenvalue weighted by Gasteiger charge is -2.35. The Kier molecular flexibility index (Phi) is 7.52. The standard InChI is InChI=1S/C23H25ClN2O5/c1-16(27)18-4-3-5-21(14-18)31-17(2)23(29)26-12-10-25(11-13-26)22(28)15-30-20-8-6-19(24)7-9-20/h3-9,14,17H,10-13,15H2,1-2H3. The number of piperazine rings is 1. The lowest BCUT2D eigenvalue weighted by Crippen LogP contribution is -2.54. The summed E-state index contributed by atoms with van der Waals surface area (Å²) in [5.41, 5.74) is 0.532. The fraction of sp³-hybridized carbons (Fsp3) is 0.348. The molecular weight excluding hydrogens is 420 g/mol. The van der Waals surface area contributed by atoms with Gasteiger partial charge in [0.2, 0.25) is 0 Å². The van der Waals surface area contributed by atoms with E-state index < -0.39 is 6.10 Å². The van der Waals surface area contributed by atoms with Crippen molar-refractivity contribution >= 4 is 29.2 Å². The van der Waals surface area contributed by atoms with Crippen LogP contribution in [0.15, 0.2) is 48.5 Å². The average molecular weight is 445 g/mol. The van der Waals surface area contributed by atoms with E-state index in [9.17, 15) is 14.4 Å². The maximum Gasteiger partial charge on any atom is 0.263 e. The normalized spacial score (nSPS) is 14.7. The Morgan fingerprint density at radius 3 is 2.26 bits per heavy atom. The molecular formula is C23H25ClN2O5. The molecule has 0 aliphatic carbocycles. The van der Waals surface area contributed by atoms with Crippen LogP contribution in [-0.2, 0) is 9.59 Å². The summed E-state index contributed by atoms with van der Waals surface area (Å²) in [4.78, 5) is 40.0. The molecule has 164 valence electrons. The van der Waals surface area contributed by atoms with Gasteiger partial charge in [0.15, 0.2) is 18.5 Å². The summed E-state index contributed by atoms with van der Waals surface area (Å²) in [6, 6.07) is 13.6. The monoisotopic (exact) mass is 444 g/mol. The summed E-state index contributed by atoms with van der Waals surface area (Å²) in [7, 11) is 0. The Labute approximate surface area is 186 Å². The molecule has 1 saturated heterocycles. The van der Waals surface area contributed by atoms with Crippen LogP contribution in [0.25, 0.3) is 0 Å². The summed E-state index contributed by atoms with van der Waals surface area (Å²) >= 11 is 5.84. The quantitative estimate of drug-likeness (QED) is 0.613. The molecule has 0 aromatic heterocycles. The molecule has 1 aliphatic heterocycles. The fourth-order valence-corrected chi connectivity index (χ4v) is 3.37. The van der Waals surface area contributed by atoms with Crippen LogP contribution in [0, 0.1) is 0 Å². The number of ether oxygens (including phenoxy) is 2. The van der Waals surface area contributed by atoms with Gasteiger partial charge in [0, 0.05) is 36.8 Å². The Morgan fingerprint density at radius 1 is 0.968 bits per heavy atom. The average Bonchev–Trinajstić information content (AvgIpc) is 2.78. The van der Waals surface area contributed by atoms with Gasteiger partial charge in [-0.3, -0.25) is 14.4 Å². The number of hydrogen-bond donors (Lipinski definition) is 0. The van der Waals surface area contributed by atoms with E-state index in [-0.39, 0.29) is 24.2 Å². The number of carbonyl (C=O) groups excluding carboxylic acids is 3. The first kappa shape index (κ1) is 22.6. The lowest BCUT2D eigenvalue weighted by molar-refractivity contribution is -0.144. The summed E-state index contributed by atoms with van der Waals surface area (Å²) < 4.78 is 11.2. The predicted molar refractivity (Wildman–Crippen MR) is 117 cm³/mol. The number of halogens is 1. The molecule has 1 unspecified atom stereocenters. The molecule has 2 aromatic rings. The topological polar surface area (TPSA) is 76.2 Å². The van der Waals surface area contributed by atoms with Crippen molar-refractivity contribution in [2.45, 2.75) is 20.0 Å². The van der Waals surface area contributed by atoms with Gasteiger partial charge in [0.1, 0.15) is 11.5 Å². The smallest absolute Gasteiger partial charge is 0.263 e. The van der Waals surface area contributed by atoms with Gasteiger partial charge in [-0.1, -0.05) is 23.7 Å². The van der Waals surface area contributed by atoms with Gasteiger partial charge in [-0.05, 0) is 50.2 Å². The highest BCUT2D eigenvalue weighted by Gasteiger charge is 2.28. The molecule has 1 heterocycles.